The van der Waals surface area contributed by atoms with Gasteiger partial charge in [-0.05, 0) is 35.9 Å². The van der Waals surface area contributed by atoms with Gasteiger partial charge in [0.1, 0.15) is 5.82 Å². The molecule has 0 amide bonds. The van der Waals surface area contributed by atoms with Crippen LogP contribution in [0.1, 0.15) is 5.56 Å². The van der Waals surface area contributed by atoms with Gasteiger partial charge in [0.2, 0.25) is 0 Å². The van der Waals surface area contributed by atoms with Gasteiger partial charge in [0, 0.05) is 22.3 Å². The minimum atomic E-state index is -0.245. The maximum Gasteiger partial charge on any atom is 0.181 e. The number of halogens is 2. The van der Waals surface area contributed by atoms with Gasteiger partial charge in [-0.25, -0.2) is 9.37 Å². The maximum atomic E-state index is 13.3. The molecule has 0 saturated heterocycles. The number of nitrogens with one attached hydrogen (secondary N) is 1. The number of anilines is 1. The highest BCUT2D eigenvalue weighted by Crippen LogP contribution is 2.23. The predicted molar refractivity (Wildman–Crippen MR) is 83.4 cm³/mol. The number of aromatic nitrogens is 1. The van der Waals surface area contributed by atoms with Crippen molar-refractivity contribution in [3.05, 3.63) is 70.9 Å². The molecular weight excluding hydrogens is 335 g/mol. The Morgan fingerprint density at radius 2 is 2.10 bits per heavy atom. The van der Waals surface area contributed by atoms with Crippen LogP contribution in [0.25, 0.3) is 11.3 Å². The highest BCUT2D eigenvalue weighted by molar-refractivity contribution is 9.10. The summed E-state index contributed by atoms with van der Waals surface area (Å²) in [5, 5.41) is 3.27. The molecule has 0 aliphatic carbocycles. The lowest BCUT2D eigenvalue weighted by Crippen LogP contribution is -2.00. The first-order chi connectivity index (χ1) is 10.2. The van der Waals surface area contributed by atoms with E-state index in [1.807, 2.05) is 24.3 Å². The van der Waals surface area contributed by atoms with Crippen molar-refractivity contribution in [3.63, 3.8) is 0 Å². The average Bonchev–Trinajstić information content (AvgIpc) is 3.03. The van der Waals surface area contributed by atoms with Gasteiger partial charge in [0.25, 0.3) is 0 Å². The molecule has 0 unspecified atom stereocenters. The first-order valence-corrected chi connectivity index (χ1v) is 7.18. The average molecular weight is 347 g/mol. The molecule has 0 aliphatic heterocycles. The maximum absolute atomic E-state index is 13.3. The van der Waals surface area contributed by atoms with E-state index in [0.29, 0.717) is 12.3 Å². The summed E-state index contributed by atoms with van der Waals surface area (Å²) >= 11 is 3.42. The Kier molecular flexibility index (Phi) is 4.01. The fraction of sp³-hybridized carbons (Fsp3) is 0.0625. The molecule has 21 heavy (non-hydrogen) atoms. The van der Waals surface area contributed by atoms with Crippen LogP contribution in [-0.2, 0) is 6.54 Å². The smallest absolute Gasteiger partial charge is 0.181 e. The Balaban J connectivity index is 1.76. The van der Waals surface area contributed by atoms with Crippen LogP contribution >= 0.6 is 15.9 Å². The summed E-state index contributed by atoms with van der Waals surface area (Å²) < 4.78 is 19.4. The largest absolute Gasteiger partial charge is 0.444 e. The first kappa shape index (κ1) is 13.8. The number of oxazole rings is 1. The standard InChI is InChI=1S/C16H12BrFN2O/c17-15-5-4-13(18)6-12(15)8-20-14-3-1-2-11(7-14)16-9-19-10-21-16/h1-7,9-10,20H,8H2. The van der Waals surface area contributed by atoms with E-state index in [2.05, 4.69) is 26.2 Å². The van der Waals surface area contributed by atoms with Crippen molar-refractivity contribution in [2.24, 2.45) is 0 Å². The SMILES string of the molecule is Fc1ccc(Br)c(CNc2cccc(-c3cnco3)c2)c1. The lowest BCUT2D eigenvalue weighted by Gasteiger charge is -2.09. The second-order valence-corrected chi connectivity index (χ2v) is 5.39. The van der Waals surface area contributed by atoms with Crippen molar-refractivity contribution >= 4 is 21.6 Å². The van der Waals surface area contributed by atoms with Gasteiger partial charge in [-0.1, -0.05) is 28.1 Å². The molecule has 1 aromatic heterocycles. The van der Waals surface area contributed by atoms with Gasteiger partial charge < -0.3 is 9.73 Å². The monoisotopic (exact) mass is 346 g/mol. The highest BCUT2D eigenvalue weighted by atomic mass is 79.9. The van der Waals surface area contributed by atoms with Gasteiger partial charge >= 0.3 is 0 Å². The molecule has 0 saturated carbocycles. The topological polar surface area (TPSA) is 38.1 Å². The van der Waals surface area contributed by atoms with Gasteiger partial charge in [-0.3, -0.25) is 0 Å². The molecule has 5 heteroatoms. The van der Waals surface area contributed by atoms with E-state index in [0.717, 1.165) is 21.3 Å². The zero-order valence-corrected chi connectivity index (χ0v) is 12.6. The van der Waals surface area contributed by atoms with E-state index >= 15 is 0 Å². The Bertz CT molecular complexity index is 744. The van der Waals surface area contributed by atoms with Crippen molar-refractivity contribution in [3.8, 4) is 11.3 Å². The minimum Gasteiger partial charge on any atom is -0.444 e. The Hall–Kier alpha value is -2.14. The van der Waals surface area contributed by atoms with Crippen LogP contribution in [0.5, 0.6) is 0 Å². The second kappa shape index (κ2) is 6.10. The molecule has 1 heterocycles. The van der Waals surface area contributed by atoms with Crippen molar-refractivity contribution in [1.29, 1.82) is 0 Å². The molecule has 1 N–H and O–H groups in total. The molecule has 0 aliphatic rings. The predicted octanol–water partition coefficient (Wildman–Crippen LogP) is 4.86. The van der Waals surface area contributed by atoms with Crippen LogP contribution in [0.4, 0.5) is 10.1 Å². The number of benzene rings is 2. The summed E-state index contributed by atoms with van der Waals surface area (Å²) in [6.07, 6.45) is 3.07. The van der Waals surface area contributed by atoms with Crippen LogP contribution in [0.3, 0.4) is 0 Å². The van der Waals surface area contributed by atoms with Crippen molar-refractivity contribution in [2.45, 2.75) is 6.54 Å². The third-order valence-corrected chi connectivity index (χ3v) is 3.84. The van der Waals surface area contributed by atoms with Gasteiger partial charge in [-0.2, -0.15) is 0 Å². The van der Waals surface area contributed by atoms with Crippen LogP contribution < -0.4 is 5.32 Å². The summed E-state index contributed by atoms with van der Waals surface area (Å²) in [4.78, 5) is 3.91. The second-order valence-electron chi connectivity index (χ2n) is 4.54. The molecule has 106 valence electrons. The van der Waals surface area contributed by atoms with E-state index in [-0.39, 0.29) is 5.82 Å². The number of nitrogens with zero attached hydrogens (tertiary/aromatic N) is 1. The van der Waals surface area contributed by atoms with Gasteiger partial charge in [0.05, 0.1) is 6.20 Å². The Morgan fingerprint density at radius 1 is 1.19 bits per heavy atom. The Morgan fingerprint density at radius 3 is 2.90 bits per heavy atom. The van der Waals surface area contributed by atoms with Crippen molar-refractivity contribution < 1.29 is 8.81 Å². The van der Waals surface area contributed by atoms with Crippen LogP contribution in [0.15, 0.2) is 63.9 Å². The molecule has 0 radical (unpaired) electrons. The van der Waals surface area contributed by atoms with Crippen molar-refractivity contribution in [1.82, 2.24) is 4.98 Å². The van der Waals surface area contributed by atoms with Crippen LogP contribution in [0, 0.1) is 5.82 Å². The summed E-state index contributed by atoms with van der Waals surface area (Å²) in [6, 6.07) is 12.4. The highest BCUT2D eigenvalue weighted by Gasteiger charge is 2.04. The number of hydrogen-bond acceptors (Lipinski definition) is 3. The van der Waals surface area contributed by atoms with E-state index in [4.69, 9.17) is 4.42 Å². The number of rotatable bonds is 4. The lowest BCUT2D eigenvalue weighted by molar-refractivity contribution is 0.572. The van der Waals surface area contributed by atoms with Crippen molar-refractivity contribution in [2.75, 3.05) is 5.32 Å². The molecule has 0 atom stereocenters. The first-order valence-electron chi connectivity index (χ1n) is 6.39. The molecule has 3 nitrogen and oxygen atoms in total. The third kappa shape index (κ3) is 3.31. The minimum absolute atomic E-state index is 0.245. The third-order valence-electron chi connectivity index (χ3n) is 3.07. The van der Waals surface area contributed by atoms with Gasteiger partial charge in [-0.15, -0.1) is 0 Å². The van der Waals surface area contributed by atoms with E-state index < -0.39 is 0 Å². The van der Waals surface area contributed by atoms with E-state index in [1.165, 1.54) is 18.5 Å². The molecule has 0 spiro atoms. The fourth-order valence-electron chi connectivity index (χ4n) is 2.02. The zero-order chi connectivity index (χ0) is 14.7. The number of hydrogen-bond donors (Lipinski definition) is 1. The lowest BCUT2D eigenvalue weighted by atomic mass is 10.1. The summed E-state index contributed by atoms with van der Waals surface area (Å²) in [5.41, 5.74) is 2.73. The molecule has 3 rings (SSSR count). The molecular formula is C16H12BrFN2O. The quantitative estimate of drug-likeness (QED) is 0.733. The fourth-order valence-corrected chi connectivity index (χ4v) is 2.40. The molecule has 3 aromatic rings. The van der Waals surface area contributed by atoms with E-state index in [1.54, 1.807) is 12.3 Å². The van der Waals surface area contributed by atoms with Crippen LogP contribution in [0.2, 0.25) is 0 Å². The summed E-state index contributed by atoms with van der Waals surface area (Å²) in [7, 11) is 0. The summed E-state index contributed by atoms with van der Waals surface area (Å²) in [5.74, 6) is 0.469. The molecule has 0 fully saturated rings. The summed E-state index contributed by atoms with van der Waals surface area (Å²) in [6.45, 7) is 0.526. The Labute approximate surface area is 130 Å². The van der Waals surface area contributed by atoms with Crippen LogP contribution in [-0.4, -0.2) is 4.98 Å². The normalized spacial score (nSPS) is 10.6. The van der Waals surface area contributed by atoms with E-state index in [9.17, 15) is 4.39 Å². The zero-order valence-electron chi connectivity index (χ0n) is 11.0. The molecule has 2 aromatic carbocycles. The molecule has 0 bridgehead atoms. The van der Waals surface area contributed by atoms with Gasteiger partial charge in [0.15, 0.2) is 12.2 Å².